The van der Waals surface area contributed by atoms with E-state index < -0.39 is 0 Å². The predicted octanol–water partition coefficient (Wildman–Crippen LogP) is 2.34. The summed E-state index contributed by atoms with van der Waals surface area (Å²) in [4.78, 5) is 12.4. The van der Waals surface area contributed by atoms with Crippen LogP contribution in [0.4, 0.5) is 0 Å². The molecule has 116 valence electrons. The highest BCUT2D eigenvalue weighted by Gasteiger charge is 2.39. The summed E-state index contributed by atoms with van der Waals surface area (Å²) in [7, 11) is 0. The summed E-state index contributed by atoms with van der Waals surface area (Å²) in [5.41, 5.74) is 5.53. The molecule has 1 fully saturated rings. The molecule has 4 heteroatoms. The highest BCUT2D eigenvalue weighted by molar-refractivity contribution is 5.83. The van der Waals surface area contributed by atoms with Crippen LogP contribution in [0.25, 0.3) is 0 Å². The monoisotopic (exact) mass is 290 g/mol. The second kappa shape index (κ2) is 7.46. The molecular weight excluding hydrogens is 264 g/mol. The zero-order chi connectivity index (χ0) is 15.1. The smallest absolute Gasteiger partial charge is 0.227 e. The lowest BCUT2D eigenvalue weighted by Gasteiger charge is -2.37. The molecule has 1 amide bonds. The van der Waals surface area contributed by atoms with E-state index >= 15 is 0 Å². The van der Waals surface area contributed by atoms with Crippen LogP contribution in [0.15, 0.2) is 30.3 Å². The van der Waals surface area contributed by atoms with Crippen molar-refractivity contribution in [3.8, 4) is 5.75 Å². The highest BCUT2D eigenvalue weighted by Crippen LogP contribution is 2.38. The Balaban J connectivity index is 1.75. The van der Waals surface area contributed by atoms with Gasteiger partial charge in [0.25, 0.3) is 0 Å². The van der Waals surface area contributed by atoms with Gasteiger partial charge in [-0.05, 0) is 43.7 Å². The van der Waals surface area contributed by atoms with Crippen LogP contribution in [-0.4, -0.2) is 25.6 Å². The molecule has 0 radical (unpaired) electrons. The number of carbonyl (C=O) groups excluding carboxylic acids is 1. The van der Waals surface area contributed by atoms with Crippen molar-refractivity contribution < 1.29 is 9.53 Å². The third-order valence-corrected chi connectivity index (χ3v) is 4.50. The number of amides is 1. The van der Waals surface area contributed by atoms with E-state index in [1.165, 1.54) is 0 Å². The highest BCUT2D eigenvalue weighted by atomic mass is 16.5. The molecule has 3 N–H and O–H groups in total. The molecule has 1 aliphatic rings. The van der Waals surface area contributed by atoms with Crippen molar-refractivity contribution in [2.75, 3.05) is 19.7 Å². The van der Waals surface area contributed by atoms with Crippen LogP contribution in [0.2, 0.25) is 0 Å². The predicted molar refractivity (Wildman–Crippen MR) is 84.1 cm³/mol. The minimum atomic E-state index is -0.362. The van der Waals surface area contributed by atoms with E-state index in [9.17, 15) is 4.79 Å². The number of para-hydroxylation sites is 1. The van der Waals surface area contributed by atoms with Crippen LogP contribution >= 0.6 is 0 Å². The van der Waals surface area contributed by atoms with Crippen molar-refractivity contribution in [2.45, 2.75) is 32.6 Å². The number of rotatable bonds is 6. The Bertz CT molecular complexity index is 439. The SMILES string of the molecule is CC1CCC(CN)(C(=O)NCCOc2ccccc2)CC1. The minimum absolute atomic E-state index is 0.0913. The number of hydrogen-bond donors (Lipinski definition) is 2. The molecule has 1 saturated carbocycles. The van der Waals surface area contributed by atoms with E-state index in [0.717, 1.165) is 31.4 Å². The molecule has 4 nitrogen and oxygen atoms in total. The molecule has 0 spiro atoms. The van der Waals surface area contributed by atoms with Crippen molar-refractivity contribution in [1.82, 2.24) is 5.32 Å². The maximum Gasteiger partial charge on any atom is 0.227 e. The van der Waals surface area contributed by atoms with E-state index in [1.807, 2.05) is 30.3 Å². The van der Waals surface area contributed by atoms with E-state index in [1.54, 1.807) is 0 Å². The van der Waals surface area contributed by atoms with E-state index in [2.05, 4.69) is 12.2 Å². The molecule has 0 bridgehead atoms. The van der Waals surface area contributed by atoms with E-state index in [0.29, 0.717) is 25.6 Å². The number of benzene rings is 1. The molecule has 0 saturated heterocycles. The molecule has 1 aromatic carbocycles. The Morgan fingerprint density at radius 2 is 2.00 bits per heavy atom. The third kappa shape index (κ3) is 4.21. The fourth-order valence-electron chi connectivity index (χ4n) is 2.88. The zero-order valence-electron chi connectivity index (χ0n) is 12.8. The van der Waals surface area contributed by atoms with Gasteiger partial charge in [0.05, 0.1) is 12.0 Å². The first-order valence-corrected chi connectivity index (χ1v) is 7.82. The van der Waals surface area contributed by atoms with E-state index in [-0.39, 0.29) is 11.3 Å². The summed E-state index contributed by atoms with van der Waals surface area (Å²) in [6.07, 6.45) is 3.97. The van der Waals surface area contributed by atoms with Crippen molar-refractivity contribution >= 4 is 5.91 Å². The standard InChI is InChI=1S/C17H26N2O2/c1-14-7-9-17(13-18,10-8-14)16(20)19-11-12-21-15-5-3-2-4-6-15/h2-6,14H,7-13,18H2,1H3,(H,19,20). The average Bonchev–Trinajstić information content (AvgIpc) is 2.53. The summed E-state index contributed by atoms with van der Waals surface area (Å²) in [6, 6.07) is 9.63. The molecule has 0 heterocycles. The van der Waals surface area contributed by atoms with Crippen LogP contribution in [0.3, 0.4) is 0 Å². The van der Waals surface area contributed by atoms with Gasteiger partial charge in [0.15, 0.2) is 0 Å². The summed E-state index contributed by atoms with van der Waals surface area (Å²) in [6.45, 7) is 3.68. The van der Waals surface area contributed by atoms with Gasteiger partial charge < -0.3 is 15.8 Å². The van der Waals surface area contributed by atoms with Crippen molar-refractivity contribution in [1.29, 1.82) is 0 Å². The fourth-order valence-corrected chi connectivity index (χ4v) is 2.88. The summed E-state index contributed by atoms with van der Waals surface area (Å²) >= 11 is 0. The Morgan fingerprint density at radius 1 is 1.33 bits per heavy atom. The maximum absolute atomic E-state index is 12.4. The first kappa shape index (κ1) is 15.8. The lowest BCUT2D eigenvalue weighted by molar-refractivity contribution is -0.132. The fraction of sp³-hybridized carbons (Fsp3) is 0.588. The number of hydrogen-bond acceptors (Lipinski definition) is 3. The van der Waals surface area contributed by atoms with Crippen LogP contribution in [0.5, 0.6) is 5.75 Å². The molecule has 0 atom stereocenters. The Kier molecular flexibility index (Phi) is 5.62. The largest absolute Gasteiger partial charge is 0.492 e. The number of ether oxygens (including phenoxy) is 1. The van der Waals surface area contributed by atoms with Crippen LogP contribution in [-0.2, 0) is 4.79 Å². The Hall–Kier alpha value is -1.55. The molecule has 1 aliphatic carbocycles. The summed E-state index contributed by atoms with van der Waals surface area (Å²) < 4.78 is 5.58. The summed E-state index contributed by atoms with van der Waals surface area (Å²) in [5.74, 6) is 1.62. The van der Waals surface area contributed by atoms with Crippen LogP contribution < -0.4 is 15.8 Å². The number of nitrogens with one attached hydrogen (secondary N) is 1. The lowest BCUT2D eigenvalue weighted by Crippen LogP contribution is -2.48. The minimum Gasteiger partial charge on any atom is -0.492 e. The first-order valence-electron chi connectivity index (χ1n) is 7.82. The summed E-state index contributed by atoms with van der Waals surface area (Å²) in [5, 5.41) is 2.99. The van der Waals surface area contributed by atoms with Crippen LogP contribution in [0.1, 0.15) is 32.6 Å². The normalized spacial score (nSPS) is 25.3. The van der Waals surface area contributed by atoms with Crippen molar-refractivity contribution in [3.63, 3.8) is 0 Å². The van der Waals surface area contributed by atoms with Gasteiger partial charge >= 0.3 is 0 Å². The van der Waals surface area contributed by atoms with Crippen LogP contribution in [0, 0.1) is 11.3 Å². The van der Waals surface area contributed by atoms with Crippen molar-refractivity contribution in [3.05, 3.63) is 30.3 Å². The maximum atomic E-state index is 12.4. The molecule has 2 rings (SSSR count). The molecular formula is C17H26N2O2. The second-order valence-electron chi connectivity index (χ2n) is 6.08. The Morgan fingerprint density at radius 3 is 2.62 bits per heavy atom. The first-order chi connectivity index (χ1) is 10.2. The van der Waals surface area contributed by atoms with Gasteiger partial charge in [-0.3, -0.25) is 4.79 Å². The van der Waals surface area contributed by atoms with Gasteiger partial charge in [0.2, 0.25) is 5.91 Å². The van der Waals surface area contributed by atoms with Gasteiger partial charge in [-0.15, -0.1) is 0 Å². The quantitative estimate of drug-likeness (QED) is 0.790. The molecule has 0 aliphatic heterocycles. The molecule has 0 unspecified atom stereocenters. The third-order valence-electron chi connectivity index (χ3n) is 4.50. The molecule has 1 aromatic rings. The number of carbonyl (C=O) groups is 1. The molecule has 0 aromatic heterocycles. The topological polar surface area (TPSA) is 64.4 Å². The zero-order valence-corrected chi connectivity index (χ0v) is 12.8. The van der Waals surface area contributed by atoms with Gasteiger partial charge in [-0.1, -0.05) is 25.1 Å². The van der Waals surface area contributed by atoms with Gasteiger partial charge in [-0.25, -0.2) is 0 Å². The van der Waals surface area contributed by atoms with Crippen molar-refractivity contribution in [2.24, 2.45) is 17.1 Å². The van der Waals surface area contributed by atoms with Gasteiger partial charge in [0.1, 0.15) is 12.4 Å². The second-order valence-corrected chi connectivity index (χ2v) is 6.08. The van der Waals surface area contributed by atoms with Gasteiger partial charge in [0, 0.05) is 6.54 Å². The lowest BCUT2D eigenvalue weighted by atomic mass is 9.70. The Labute approximate surface area is 127 Å². The molecule has 21 heavy (non-hydrogen) atoms. The average molecular weight is 290 g/mol. The van der Waals surface area contributed by atoms with E-state index in [4.69, 9.17) is 10.5 Å². The van der Waals surface area contributed by atoms with Gasteiger partial charge in [-0.2, -0.15) is 0 Å². The number of nitrogens with two attached hydrogens (primary N) is 1.